The van der Waals surface area contributed by atoms with Gasteiger partial charge in [-0.1, -0.05) is 6.07 Å². The zero-order valence-electron chi connectivity index (χ0n) is 17.0. The fourth-order valence-corrected chi connectivity index (χ4v) is 3.91. The van der Waals surface area contributed by atoms with Crippen LogP contribution in [0, 0.1) is 5.92 Å². The van der Waals surface area contributed by atoms with Gasteiger partial charge in [-0.05, 0) is 50.0 Å². The molecule has 1 atom stereocenters. The molecule has 4 rings (SSSR count). The van der Waals surface area contributed by atoms with Gasteiger partial charge in [-0.25, -0.2) is 9.97 Å². The third kappa shape index (κ3) is 4.65. The van der Waals surface area contributed by atoms with Crippen molar-refractivity contribution in [2.24, 2.45) is 5.92 Å². The zero-order valence-corrected chi connectivity index (χ0v) is 17.0. The van der Waals surface area contributed by atoms with Gasteiger partial charge in [0.15, 0.2) is 5.65 Å². The molecule has 0 radical (unpaired) electrons. The van der Waals surface area contributed by atoms with E-state index in [1.807, 2.05) is 30.3 Å². The van der Waals surface area contributed by atoms with Crippen LogP contribution in [-0.4, -0.2) is 47.6 Å². The number of ether oxygens (including phenoxy) is 1. The normalized spacial score (nSPS) is 15.5. The minimum atomic E-state index is -0.145. The summed E-state index contributed by atoms with van der Waals surface area (Å²) < 4.78 is 5.24. The fourth-order valence-electron chi connectivity index (χ4n) is 3.91. The summed E-state index contributed by atoms with van der Waals surface area (Å²) in [6.45, 7) is 2.05. The number of hydrogen-bond acceptors (Lipinski definition) is 7. The number of nitrogens with zero attached hydrogens (tertiary/aromatic N) is 3. The Kier molecular flexibility index (Phi) is 6.34. The molecule has 0 aliphatic carbocycles. The van der Waals surface area contributed by atoms with E-state index in [1.54, 1.807) is 25.7 Å². The fraction of sp³-hybridized carbons (Fsp3) is 0.364. The quantitative estimate of drug-likeness (QED) is 0.553. The summed E-state index contributed by atoms with van der Waals surface area (Å²) in [6.07, 6.45) is 7.01. The molecule has 30 heavy (non-hydrogen) atoms. The van der Waals surface area contributed by atoms with Crippen LogP contribution in [0.2, 0.25) is 0 Å². The van der Waals surface area contributed by atoms with Crippen molar-refractivity contribution in [2.45, 2.75) is 18.9 Å². The van der Waals surface area contributed by atoms with Crippen molar-refractivity contribution in [3.05, 3.63) is 54.5 Å². The minimum absolute atomic E-state index is 0.0739. The Balaban J connectivity index is 1.53. The Labute approximate surface area is 175 Å². The first-order valence-corrected chi connectivity index (χ1v) is 10.2. The molecule has 3 N–H and O–H groups in total. The Morgan fingerprint density at radius 2 is 1.97 bits per heavy atom. The molecular weight excluding hydrogens is 380 g/mol. The number of carbonyl (C=O) groups is 1. The van der Waals surface area contributed by atoms with Crippen LogP contribution >= 0.6 is 0 Å². The molecule has 0 spiro atoms. The topological polar surface area (TPSA) is 101 Å². The van der Waals surface area contributed by atoms with E-state index < -0.39 is 0 Å². The molecule has 1 fully saturated rings. The lowest BCUT2D eigenvalue weighted by Gasteiger charge is -2.32. The zero-order chi connectivity index (χ0) is 20.8. The van der Waals surface area contributed by atoms with E-state index in [0.29, 0.717) is 11.6 Å². The maximum Gasteiger partial charge on any atom is 0.239 e. The minimum Gasteiger partial charge on any atom is -0.497 e. The molecule has 1 aromatic carbocycles. The number of carbonyl (C=O) groups excluding carboxylic acids is 1. The molecule has 0 bridgehead atoms. The third-order valence-electron chi connectivity index (χ3n) is 5.43. The smallest absolute Gasteiger partial charge is 0.239 e. The first-order valence-electron chi connectivity index (χ1n) is 10.2. The standard InChI is InChI=1S/C22H26N6O2/c1-30-17-4-2-3-16(13-17)27-14-19(29)28-20(15-5-8-23-9-6-15)18-7-10-25-22-21(18)24-11-12-26-22/h2-4,7,10-13,15,20,23,27H,5-6,8-9,14H2,1H3,(H,28,29). The predicted molar refractivity (Wildman–Crippen MR) is 115 cm³/mol. The van der Waals surface area contributed by atoms with Gasteiger partial charge in [-0.3, -0.25) is 9.78 Å². The maximum atomic E-state index is 12.9. The average molecular weight is 406 g/mol. The van der Waals surface area contributed by atoms with Gasteiger partial charge >= 0.3 is 0 Å². The Morgan fingerprint density at radius 1 is 1.17 bits per heavy atom. The highest BCUT2D eigenvalue weighted by Crippen LogP contribution is 2.31. The van der Waals surface area contributed by atoms with E-state index in [1.165, 1.54) is 0 Å². The number of amides is 1. The largest absolute Gasteiger partial charge is 0.497 e. The van der Waals surface area contributed by atoms with Gasteiger partial charge in [0.05, 0.1) is 19.7 Å². The lowest BCUT2D eigenvalue weighted by molar-refractivity contribution is -0.120. The number of methoxy groups -OCH3 is 1. The Hall–Kier alpha value is -3.26. The molecule has 1 saturated heterocycles. The summed E-state index contributed by atoms with van der Waals surface area (Å²) in [4.78, 5) is 26.0. The number of piperidine rings is 1. The molecule has 2 aromatic heterocycles. The second-order valence-electron chi connectivity index (χ2n) is 7.35. The van der Waals surface area contributed by atoms with Gasteiger partial charge in [0.1, 0.15) is 11.3 Å². The van der Waals surface area contributed by atoms with Crippen LogP contribution in [0.1, 0.15) is 24.4 Å². The summed E-state index contributed by atoms with van der Waals surface area (Å²) in [5, 5.41) is 9.80. The summed E-state index contributed by atoms with van der Waals surface area (Å²) in [7, 11) is 1.62. The highest BCUT2D eigenvalue weighted by molar-refractivity contribution is 5.82. The average Bonchev–Trinajstić information content (AvgIpc) is 2.81. The van der Waals surface area contributed by atoms with Crippen molar-refractivity contribution in [2.75, 3.05) is 32.1 Å². The van der Waals surface area contributed by atoms with E-state index >= 15 is 0 Å². The first kappa shape index (κ1) is 20.0. The number of pyridine rings is 1. The van der Waals surface area contributed by atoms with E-state index in [2.05, 4.69) is 30.9 Å². The summed E-state index contributed by atoms with van der Waals surface area (Å²) in [5.74, 6) is 0.990. The third-order valence-corrected chi connectivity index (χ3v) is 5.43. The highest BCUT2D eigenvalue weighted by Gasteiger charge is 2.28. The van der Waals surface area contributed by atoms with Crippen LogP contribution in [0.3, 0.4) is 0 Å². The van der Waals surface area contributed by atoms with Crippen LogP contribution in [0.4, 0.5) is 5.69 Å². The molecule has 3 aromatic rings. The molecule has 1 amide bonds. The van der Waals surface area contributed by atoms with E-state index in [-0.39, 0.29) is 18.5 Å². The Morgan fingerprint density at radius 3 is 2.80 bits per heavy atom. The molecule has 156 valence electrons. The van der Waals surface area contributed by atoms with Gasteiger partial charge in [-0.15, -0.1) is 0 Å². The van der Waals surface area contributed by atoms with Crippen molar-refractivity contribution < 1.29 is 9.53 Å². The monoisotopic (exact) mass is 406 g/mol. The van der Waals surface area contributed by atoms with E-state index in [9.17, 15) is 4.79 Å². The van der Waals surface area contributed by atoms with Crippen LogP contribution in [0.25, 0.3) is 11.2 Å². The molecular formula is C22H26N6O2. The predicted octanol–water partition coefficient (Wildman–Crippen LogP) is 2.30. The van der Waals surface area contributed by atoms with Crippen molar-refractivity contribution in [3.8, 4) is 5.75 Å². The van der Waals surface area contributed by atoms with Crippen LogP contribution in [0.5, 0.6) is 5.75 Å². The number of anilines is 1. The second-order valence-corrected chi connectivity index (χ2v) is 7.35. The van der Waals surface area contributed by atoms with Crippen LogP contribution in [-0.2, 0) is 4.79 Å². The summed E-state index contributed by atoms with van der Waals surface area (Å²) in [5.41, 5.74) is 3.14. The van der Waals surface area contributed by atoms with Crippen molar-refractivity contribution >= 4 is 22.8 Å². The van der Waals surface area contributed by atoms with Gasteiger partial charge < -0.3 is 20.7 Å². The van der Waals surface area contributed by atoms with E-state index in [0.717, 1.165) is 48.4 Å². The van der Waals surface area contributed by atoms with Gasteiger partial charge in [0.25, 0.3) is 0 Å². The molecule has 1 aliphatic heterocycles. The molecule has 0 saturated carbocycles. The number of rotatable bonds is 7. The maximum absolute atomic E-state index is 12.9. The lowest BCUT2D eigenvalue weighted by atomic mass is 9.85. The Bertz CT molecular complexity index is 1000. The number of benzene rings is 1. The van der Waals surface area contributed by atoms with Crippen molar-refractivity contribution in [1.82, 2.24) is 25.6 Å². The van der Waals surface area contributed by atoms with Crippen molar-refractivity contribution in [1.29, 1.82) is 0 Å². The van der Waals surface area contributed by atoms with Crippen LogP contribution in [0.15, 0.2) is 48.9 Å². The number of aromatic nitrogens is 3. The SMILES string of the molecule is COc1cccc(NCC(=O)NC(c2ccnc3nccnc23)C2CCNCC2)c1. The van der Waals surface area contributed by atoms with E-state index in [4.69, 9.17) is 4.74 Å². The number of nitrogens with one attached hydrogen (secondary N) is 3. The van der Waals surface area contributed by atoms with Gasteiger partial charge in [0, 0.05) is 35.9 Å². The molecule has 1 unspecified atom stereocenters. The summed E-state index contributed by atoms with van der Waals surface area (Å²) >= 11 is 0. The van der Waals surface area contributed by atoms with Crippen molar-refractivity contribution in [3.63, 3.8) is 0 Å². The van der Waals surface area contributed by atoms with Gasteiger partial charge in [-0.2, -0.15) is 0 Å². The first-order chi connectivity index (χ1) is 14.7. The summed E-state index contributed by atoms with van der Waals surface area (Å²) in [6, 6.07) is 9.33. The molecule has 8 heteroatoms. The number of hydrogen-bond donors (Lipinski definition) is 3. The lowest BCUT2D eigenvalue weighted by Crippen LogP contribution is -2.41. The molecule has 8 nitrogen and oxygen atoms in total. The molecule has 3 heterocycles. The number of fused-ring (bicyclic) bond motifs is 1. The highest BCUT2D eigenvalue weighted by atomic mass is 16.5. The van der Waals surface area contributed by atoms with Crippen LogP contribution < -0.4 is 20.7 Å². The second kappa shape index (κ2) is 9.49. The molecule has 1 aliphatic rings. The van der Waals surface area contributed by atoms with Gasteiger partial charge in [0.2, 0.25) is 5.91 Å².